The van der Waals surface area contributed by atoms with E-state index in [1.54, 1.807) is 36.4 Å². The minimum Gasteiger partial charge on any atom is -0.456 e. The van der Waals surface area contributed by atoms with Crippen molar-refractivity contribution in [3.8, 4) is 5.75 Å². The summed E-state index contributed by atoms with van der Waals surface area (Å²) in [6.45, 7) is 21.9. The van der Waals surface area contributed by atoms with E-state index >= 15 is 0 Å². The van der Waals surface area contributed by atoms with Crippen molar-refractivity contribution in [1.82, 2.24) is 25.3 Å². The molecule has 2 aliphatic heterocycles. The van der Waals surface area contributed by atoms with Crippen molar-refractivity contribution in [2.45, 2.75) is 150 Å². The highest BCUT2D eigenvalue weighted by molar-refractivity contribution is 7.86. The zero-order chi connectivity index (χ0) is 66.1. The highest BCUT2D eigenvalue weighted by atomic mass is 32.2. The van der Waals surface area contributed by atoms with Gasteiger partial charge in [0, 0.05) is 64.8 Å². The minimum absolute atomic E-state index is 0.0447. The van der Waals surface area contributed by atoms with E-state index in [1.807, 2.05) is 40.7 Å². The molecule has 1 aliphatic carbocycles. The van der Waals surface area contributed by atoms with Gasteiger partial charge < -0.3 is 26.0 Å². The summed E-state index contributed by atoms with van der Waals surface area (Å²) in [5, 5.41) is 6.45. The third kappa shape index (κ3) is 15.7. The van der Waals surface area contributed by atoms with Crippen LogP contribution in [0.25, 0.3) is 11.2 Å². The summed E-state index contributed by atoms with van der Waals surface area (Å²) in [6.07, 6.45) is 14.0. The van der Waals surface area contributed by atoms with E-state index in [4.69, 9.17) is 10.5 Å². The maximum Gasteiger partial charge on any atom is 0.280 e. The number of aromatic amines is 1. The summed E-state index contributed by atoms with van der Waals surface area (Å²) in [5.74, 6) is -0.211. The SMILES string of the molecule is Cc1ccc2c(c1)C(C)(C)C(=CC=C1CCCC(C=CC3=[N+](CCCCS(=O)(=O)O)c4ccc(CS(=O)(=O)O)cc4C3(C)C)=C1Oc1c(C)c(C)c(C[C@@H](C)NC(=O)c3ccc(NCc4cnc5nc(N)[nH]c(=O)c5n4)cc3)c(C)c1C)N2CCCCS(=O)(=O)O. The Balaban J connectivity index is 1.05. The Bertz CT molecular complexity index is 4420. The number of unbranched alkanes of at least 4 members (excludes halogenated alkanes) is 2. The van der Waals surface area contributed by atoms with Gasteiger partial charge in [0.15, 0.2) is 16.9 Å². The standard InChI is InChI=1S/C67H81N9O12S3/c1-40-18-26-55-53(34-40)66(7,8)57(75(55)30-11-13-32-89(79,80)81)28-22-47-16-15-17-48(23-29-58-67(9,10)54-36-46(39-91(85,86)87)19-27-56(54)76(58)31-12-14-33-90(82,83)84)61(47)88-60-44(5)42(3)52(43(4)45(60)6)35-41(2)71-63(77)49-20-24-50(25-21-49)69-37-51-38-70-62-59(72-51)64(78)74-65(68)73-62/h18-29,34,36,38,41H,11-17,30-33,35,37,39H2,1-10H3,(H7-,68,69,70,71,73,74,77,78,79,80,81,82,83,84,85,86,87)/p+1/t41-/m1/s1. The first-order chi connectivity index (χ1) is 42.7. The number of nitrogen functional groups attached to an aromatic ring is 1. The van der Waals surface area contributed by atoms with Gasteiger partial charge in [-0.15, -0.1) is 0 Å². The second-order valence-corrected chi connectivity index (χ2v) is 29.8. The molecule has 2 aromatic heterocycles. The molecule has 0 fully saturated rings. The van der Waals surface area contributed by atoms with Crippen molar-refractivity contribution in [3.05, 3.63) is 185 Å². The number of ether oxygens (including phenoxy) is 1. The molecule has 0 unspecified atom stereocenters. The van der Waals surface area contributed by atoms with E-state index in [2.05, 4.69) is 117 Å². The maximum atomic E-state index is 13.8. The number of amides is 1. The van der Waals surface area contributed by atoms with Gasteiger partial charge in [-0.3, -0.25) is 28.2 Å². The van der Waals surface area contributed by atoms with E-state index in [1.165, 1.54) is 6.20 Å². The van der Waals surface area contributed by atoms with Crippen LogP contribution in [0.2, 0.25) is 0 Å². The van der Waals surface area contributed by atoms with Crippen LogP contribution < -0.4 is 31.6 Å². The van der Waals surface area contributed by atoms with Crippen LogP contribution in [0.3, 0.4) is 0 Å². The highest BCUT2D eigenvalue weighted by Crippen LogP contribution is 2.49. The number of carbonyl (C=O) groups excluding carboxylic acids is 1. The summed E-state index contributed by atoms with van der Waals surface area (Å²) in [6, 6.07) is 18.4. The van der Waals surface area contributed by atoms with E-state index in [-0.39, 0.29) is 54.2 Å². The highest BCUT2D eigenvalue weighted by Gasteiger charge is 2.45. The van der Waals surface area contributed by atoms with Crippen LogP contribution in [0.4, 0.5) is 23.0 Å². The van der Waals surface area contributed by atoms with Crippen LogP contribution in [-0.4, -0.2) is 106 Å². The molecule has 21 nitrogen and oxygen atoms in total. The predicted octanol–water partition coefficient (Wildman–Crippen LogP) is 10.6. The molecule has 8 N–H and O–H groups in total. The molecule has 1 atom stereocenters. The quantitative estimate of drug-likeness (QED) is 0.0168. The number of hydrogen-bond donors (Lipinski definition) is 7. The number of fused-ring (bicyclic) bond motifs is 3. The average Bonchev–Trinajstić information content (AvgIpc) is 1.63. The first-order valence-corrected chi connectivity index (χ1v) is 35.3. The first-order valence-electron chi connectivity index (χ1n) is 30.5. The van der Waals surface area contributed by atoms with Crippen LogP contribution >= 0.6 is 0 Å². The molecule has 4 heterocycles. The lowest BCUT2D eigenvalue weighted by Gasteiger charge is -2.28. The van der Waals surface area contributed by atoms with Crippen molar-refractivity contribution in [2.24, 2.45) is 0 Å². The van der Waals surface area contributed by atoms with Gasteiger partial charge in [-0.2, -0.15) is 34.8 Å². The maximum absolute atomic E-state index is 13.8. The monoisotopic (exact) mass is 1300 g/mol. The molecular formula is C67H82N9O12S3+. The number of anilines is 3. The molecule has 91 heavy (non-hydrogen) atoms. The third-order valence-electron chi connectivity index (χ3n) is 17.7. The molecule has 0 saturated carbocycles. The van der Waals surface area contributed by atoms with Gasteiger partial charge in [0.25, 0.3) is 41.8 Å². The van der Waals surface area contributed by atoms with Crippen LogP contribution in [0, 0.1) is 34.6 Å². The number of carbonyl (C=O) groups is 1. The van der Waals surface area contributed by atoms with E-state index in [9.17, 15) is 48.5 Å². The molecule has 0 spiro atoms. The molecule has 0 saturated heterocycles. The van der Waals surface area contributed by atoms with E-state index < -0.39 is 58.2 Å². The van der Waals surface area contributed by atoms with Gasteiger partial charge in [-0.1, -0.05) is 43.7 Å². The number of benzene rings is 4. The van der Waals surface area contributed by atoms with Gasteiger partial charge in [0.1, 0.15) is 23.8 Å². The lowest BCUT2D eigenvalue weighted by atomic mass is 9.80. The molecule has 484 valence electrons. The number of nitrogens with two attached hydrogens (primary N) is 1. The molecule has 4 aromatic carbocycles. The Labute approximate surface area is 533 Å². The zero-order valence-corrected chi connectivity index (χ0v) is 55.6. The molecule has 9 rings (SSSR count). The summed E-state index contributed by atoms with van der Waals surface area (Å²) in [4.78, 5) is 43.5. The number of nitrogens with one attached hydrogen (secondary N) is 3. The molecule has 24 heteroatoms. The van der Waals surface area contributed by atoms with Gasteiger partial charge in [0.05, 0.1) is 35.4 Å². The first kappa shape index (κ1) is 67.5. The number of allylic oxidation sites excluding steroid dienone is 7. The topological polar surface area (TPSA) is 317 Å². The van der Waals surface area contributed by atoms with Crippen molar-refractivity contribution in [1.29, 1.82) is 0 Å². The van der Waals surface area contributed by atoms with Gasteiger partial charge in [-0.25, -0.2) is 9.97 Å². The fraction of sp³-hybridized carbons (Fsp3) is 0.403. The van der Waals surface area contributed by atoms with Crippen molar-refractivity contribution in [3.63, 3.8) is 0 Å². The molecular weight excluding hydrogens is 1220 g/mol. The second-order valence-electron chi connectivity index (χ2n) is 25.2. The third-order valence-corrected chi connectivity index (χ3v) is 20.0. The number of aromatic nitrogens is 4. The Hall–Kier alpha value is -7.87. The molecule has 0 radical (unpaired) electrons. The fourth-order valence-corrected chi connectivity index (χ4v) is 14.4. The minimum atomic E-state index is -4.35. The zero-order valence-electron chi connectivity index (χ0n) is 53.2. The van der Waals surface area contributed by atoms with Crippen molar-refractivity contribution in [2.75, 3.05) is 40.5 Å². The summed E-state index contributed by atoms with van der Waals surface area (Å²) < 4.78 is 110. The lowest BCUT2D eigenvalue weighted by Crippen LogP contribution is -2.34. The Morgan fingerprint density at radius 3 is 2.15 bits per heavy atom. The average molecular weight is 1300 g/mol. The van der Waals surface area contributed by atoms with Crippen LogP contribution in [-0.2, 0) is 59.9 Å². The largest absolute Gasteiger partial charge is 0.456 e. The smallest absolute Gasteiger partial charge is 0.280 e. The van der Waals surface area contributed by atoms with E-state index in [0.29, 0.717) is 73.5 Å². The van der Waals surface area contributed by atoms with Crippen molar-refractivity contribution < 1.29 is 53.0 Å². The second kappa shape index (κ2) is 26.8. The summed E-state index contributed by atoms with van der Waals surface area (Å²) in [7, 11) is -12.7. The summed E-state index contributed by atoms with van der Waals surface area (Å²) >= 11 is 0. The Morgan fingerprint density at radius 1 is 0.802 bits per heavy atom. The molecule has 3 aliphatic rings. The normalized spacial score (nSPS) is 17.0. The predicted molar refractivity (Wildman–Crippen MR) is 356 cm³/mol. The van der Waals surface area contributed by atoms with Crippen molar-refractivity contribution >= 4 is 76.1 Å². The van der Waals surface area contributed by atoms with Crippen LogP contribution in [0.15, 0.2) is 119 Å². The molecule has 6 aromatic rings. The molecule has 0 bridgehead atoms. The van der Waals surface area contributed by atoms with Crippen LogP contribution in [0.5, 0.6) is 5.75 Å². The Morgan fingerprint density at radius 2 is 1.48 bits per heavy atom. The lowest BCUT2D eigenvalue weighted by molar-refractivity contribution is -0.438. The summed E-state index contributed by atoms with van der Waals surface area (Å²) in [5.41, 5.74) is 20.0. The van der Waals surface area contributed by atoms with Crippen LogP contribution in [0.1, 0.15) is 146 Å². The van der Waals surface area contributed by atoms with Gasteiger partial charge in [0.2, 0.25) is 11.6 Å². The molecule has 1 amide bonds. The van der Waals surface area contributed by atoms with E-state index in [0.717, 1.165) is 90.5 Å². The number of rotatable bonds is 24. The Kier molecular flexibility index (Phi) is 19.9. The van der Waals surface area contributed by atoms with Gasteiger partial charge in [-0.05, 0) is 199 Å². The van der Waals surface area contributed by atoms with Gasteiger partial charge >= 0.3 is 0 Å². The number of aryl methyl sites for hydroxylation is 1. The fourth-order valence-electron chi connectivity index (χ4n) is 12.7. The number of hydrogen-bond acceptors (Lipinski definition) is 15. The number of H-pyrrole nitrogens is 1. The number of nitrogens with zero attached hydrogens (tertiary/aromatic N) is 5.